The molecule has 3 rings (SSSR count). The summed E-state index contributed by atoms with van der Waals surface area (Å²) in [6.07, 6.45) is 0. The highest BCUT2D eigenvalue weighted by atomic mass is 16.5. The van der Waals surface area contributed by atoms with E-state index in [0.29, 0.717) is 11.4 Å². The number of carbonyl (C=O) groups is 1. The van der Waals surface area contributed by atoms with E-state index in [9.17, 15) is 9.90 Å². The highest BCUT2D eigenvalue weighted by molar-refractivity contribution is 5.88. The monoisotopic (exact) mass is 294 g/mol. The number of benzene rings is 2. The Bertz CT molecular complexity index is 793. The molecule has 22 heavy (non-hydrogen) atoms. The minimum absolute atomic E-state index is 0.122. The topological polar surface area (TPSA) is 64.3 Å². The van der Waals surface area contributed by atoms with Gasteiger partial charge in [0, 0.05) is 5.56 Å². The first-order chi connectivity index (χ1) is 10.7. The predicted molar refractivity (Wildman–Crippen MR) is 82.5 cm³/mol. The molecule has 0 saturated heterocycles. The Morgan fingerprint density at radius 2 is 1.77 bits per heavy atom. The van der Waals surface area contributed by atoms with Crippen molar-refractivity contribution in [2.24, 2.45) is 0 Å². The summed E-state index contributed by atoms with van der Waals surface area (Å²) in [5.41, 5.74) is 2.26. The van der Waals surface area contributed by atoms with Gasteiger partial charge in [-0.2, -0.15) is 5.10 Å². The second-order valence-corrected chi connectivity index (χ2v) is 4.70. The Morgan fingerprint density at radius 3 is 2.36 bits per heavy atom. The molecule has 0 aliphatic heterocycles. The lowest BCUT2D eigenvalue weighted by Gasteiger charge is -2.03. The van der Waals surface area contributed by atoms with Gasteiger partial charge in [0.05, 0.1) is 18.5 Å². The van der Waals surface area contributed by atoms with Gasteiger partial charge < -0.3 is 9.84 Å². The van der Waals surface area contributed by atoms with E-state index in [-0.39, 0.29) is 5.69 Å². The first-order valence-corrected chi connectivity index (χ1v) is 6.72. The number of para-hydroxylation sites is 1. The van der Waals surface area contributed by atoms with E-state index >= 15 is 0 Å². The number of methoxy groups -OCH3 is 1. The van der Waals surface area contributed by atoms with E-state index in [1.165, 1.54) is 4.68 Å². The fourth-order valence-corrected chi connectivity index (χ4v) is 2.20. The Kier molecular flexibility index (Phi) is 3.62. The number of hydrogen-bond acceptors (Lipinski definition) is 3. The van der Waals surface area contributed by atoms with E-state index in [2.05, 4.69) is 5.10 Å². The molecule has 0 spiro atoms. The molecule has 5 nitrogen and oxygen atoms in total. The first-order valence-electron chi connectivity index (χ1n) is 6.72. The Balaban J connectivity index is 2.08. The van der Waals surface area contributed by atoms with E-state index in [1.54, 1.807) is 13.2 Å². The molecule has 1 heterocycles. The minimum atomic E-state index is -1.02. The van der Waals surface area contributed by atoms with Crippen molar-refractivity contribution in [1.82, 2.24) is 9.78 Å². The van der Waals surface area contributed by atoms with Crippen LogP contribution in [0.5, 0.6) is 5.75 Å². The lowest BCUT2D eigenvalue weighted by molar-refractivity contribution is 0.0687. The van der Waals surface area contributed by atoms with Crippen molar-refractivity contribution >= 4 is 5.97 Å². The summed E-state index contributed by atoms with van der Waals surface area (Å²) in [7, 11) is 1.60. The van der Waals surface area contributed by atoms with Crippen LogP contribution in [0.1, 0.15) is 10.5 Å². The van der Waals surface area contributed by atoms with Crippen LogP contribution in [-0.2, 0) is 0 Å². The van der Waals surface area contributed by atoms with Crippen molar-refractivity contribution in [1.29, 1.82) is 0 Å². The molecule has 0 radical (unpaired) electrons. The summed E-state index contributed by atoms with van der Waals surface area (Å²) in [5, 5.41) is 13.8. The summed E-state index contributed by atoms with van der Waals surface area (Å²) in [4.78, 5) is 11.5. The molecule has 3 aromatic rings. The maximum absolute atomic E-state index is 11.5. The number of carboxylic acid groups (broad SMARTS) is 1. The van der Waals surface area contributed by atoms with Gasteiger partial charge in [0.25, 0.3) is 0 Å². The third-order valence-corrected chi connectivity index (χ3v) is 3.32. The molecule has 5 heteroatoms. The molecule has 0 unspecified atom stereocenters. The normalized spacial score (nSPS) is 10.4. The van der Waals surface area contributed by atoms with Crippen molar-refractivity contribution in [2.75, 3.05) is 7.11 Å². The quantitative estimate of drug-likeness (QED) is 0.802. The Morgan fingerprint density at radius 1 is 1.09 bits per heavy atom. The molecular weight excluding hydrogens is 280 g/mol. The summed E-state index contributed by atoms with van der Waals surface area (Å²) >= 11 is 0. The largest absolute Gasteiger partial charge is 0.497 e. The third kappa shape index (κ3) is 2.56. The van der Waals surface area contributed by atoms with E-state index in [4.69, 9.17) is 4.74 Å². The van der Waals surface area contributed by atoms with Crippen LogP contribution in [0.3, 0.4) is 0 Å². The molecule has 0 bridgehead atoms. The predicted octanol–water partition coefficient (Wildman–Crippen LogP) is 3.25. The number of carboxylic acids is 1. The van der Waals surface area contributed by atoms with Crippen molar-refractivity contribution in [2.45, 2.75) is 0 Å². The standard InChI is InChI=1S/C17H14N2O3/c1-22-14-9-7-12(8-10-14)15-11-16(17(20)21)19(18-15)13-5-3-2-4-6-13/h2-11H,1H3,(H,20,21). The second-order valence-electron chi connectivity index (χ2n) is 4.70. The molecule has 1 aromatic heterocycles. The third-order valence-electron chi connectivity index (χ3n) is 3.32. The first kappa shape index (κ1) is 13.9. The summed E-state index contributed by atoms with van der Waals surface area (Å²) in [6, 6.07) is 18.1. The second kappa shape index (κ2) is 5.73. The molecule has 0 amide bonds. The van der Waals surface area contributed by atoms with E-state index in [1.807, 2.05) is 54.6 Å². The van der Waals surface area contributed by atoms with Gasteiger partial charge in [-0.1, -0.05) is 18.2 Å². The summed E-state index contributed by atoms with van der Waals surface area (Å²) < 4.78 is 6.55. The number of ether oxygens (including phenoxy) is 1. The minimum Gasteiger partial charge on any atom is -0.497 e. The van der Waals surface area contributed by atoms with Crippen molar-refractivity contribution in [3.63, 3.8) is 0 Å². The van der Waals surface area contributed by atoms with Crippen LogP contribution in [0.25, 0.3) is 16.9 Å². The zero-order chi connectivity index (χ0) is 15.5. The van der Waals surface area contributed by atoms with E-state index < -0.39 is 5.97 Å². The Hall–Kier alpha value is -3.08. The molecule has 0 saturated carbocycles. The highest BCUT2D eigenvalue weighted by Crippen LogP contribution is 2.24. The molecule has 0 aliphatic rings. The van der Waals surface area contributed by atoms with Crippen molar-refractivity contribution in [3.05, 3.63) is 66.4 Å². The highest BCUT2D eigenvalue weighted by Gasteiger charge is 2.16. The average molecular weight is 294 g/mol. The van der Waals surface area contributed by atoms with Gasteiger partial charge in [-0.3, -0.25) is 0 Å². The van der Waals surface area contributed by atoms with Crippen LogP contribution >= 0.6 is 0 Å². The van der Waals surface area contributed by atoms with Gasteiger partial charge in [-0.25, -0.2) is 9.48 Å². The number of aromatic carboxylic acids is 1. The summed E-state index contributed by atoms with van der Waals surface area (Å²) in [6.45, 7) is 0. The fraction of sp³-hybridized carbons (Fsp3) is 0.0588. The SMILES string of the molecule is COc1ccc(-c2cc(C(=O)O)n(-c3ccccc3)n2)cc1. The van der Waals surface area contributed by atoms with Gasteiger partial charge in [0.1, 0.15) is 5.75 Å². The number of nitrogens with zero attached hydrogens (tertiary/aromatic N) is 2. The number of aromatic nitrogens is 2. The van der Waals surface area contributed by atoms with Gasteiger partial charge in [-0.05, 0) is 42.5 Å². The van der Waals surface area contributed by atoms with Gasteiger partial charge in [0.2, 0.25) is 0 Å². The zero-order valence-electron chi connectivity index (χ0n) is 11.9. The molecular formula is C17H14N2O3. The van der Waals surface area contributed by atoms with Gasteiger partial charge in [0.15, 0.2) is 5.69 Å². The van der Waals surface area contributed by atoms with Gasteiger partial charge >= 0.3 is 5.97 Å². The average Bonchev–Trinajstić information content (AvgIpc) is 3.01. The van der Waals surface area contributed by atoms with Crippen molar-refractivity contribution < 1.29 is 14.6 Å². The molecule has 0 atom stereocenters. The molecule has 0 fully saturated rings. The maximum Gasteiger partial charge on any atom is 0.354 e. The van der Waals surface area contributed by atoms with Crippen LogP contribution in [0.4, 0.5) is 0 Å². The molecule has 1 N–H and O–H groups in total. The van der Waals surface area contributed by atoms with Crippen LogP contribution in [0, 0.1) is 0 Å². The lowest BCUT2D eigenvalue weighted by Crippen LogP contribution is -2.07. The molecule has 2 aromatic carbocycles. The van der Waals surface area contributed by atoms with Crippen LogP contribution < -0.4 is 4.74 Å². The van der Waals surface area contributed by atoms with Crippen LogP contribution in [0.15, 0.2) is 60.7 Å². The van der Waals surface area contributed by atoms with Crippen LogP contribution in [-0.4, -0.2) is 28.0 Å². The van der Waals surface area contributed by atoms with E-state index in [0.717, 1.165) is 11.3 Å². The lowest BCUT2D eigenvalue weighted by atomic mass is 10.1. The van der Waals surface area contributed by atoms with Gasteiger partial charge in [-0.15, -0.1) is 0 Å². The fourth-order valence-electron chi connectivity index (χ4n) is 2.20. The molecule has 0 aliphatic carbocycles. The molecule has 110 valence electrons. The number of hydrogen-bond donors (Lipinski definition) is 1. The smallest absolute Gasteiger partial charge is 0.354 e. The zero-order valence-corrected chi connectivity index (χ0v) is 11.9. The maximum atomic E-state index is 11.5. The van der Waals surface area contributed by atoms with Crippen molar-refractivity contribution in [3.8, 4) is 22.7 Å². The summed E-state index contributed by atoms with van der Waals surface area (Å²) in [5.74, 6) is -0.277. The number of rotatable bonds is 4. The van der Waals surface area contributed by atoms with Crippen LogP contribution in [0.2, 0.25) is 0 Å². The Labute approximate surface area is 127 Å².